The molecule has 0 radical (unpaired) electrons. The second-order valence-electron chi connectivity index (χ2n) is 4.80. The van der Waals surface area contributed by atoms with E-state index in [1.54, 1.807) is 12.1 Å². The topological polar surface area (TPSA) is 35.2 Å². The van der Waals surface area contributed by atoms with Gasteiger partial charge in [0.05, 0.1) is 5.02 Å². The smallest absolute Gasteiger partial charge is 0.141 e. The second-order valence-corrected chi connectivity index (χ2v) is 5.21. The fourth-order valence-corrected chi connectivity index (χ4v) is 2.58. The summed E-state index contributed by atoms with van der Waals surface area (Å²) in [5.41, 5.74) is 7.46. The first-order valence-electron chi connectivity index (χ1n) is 6.21. The Hall–Kier alpha value is -1.65. The van der Waals surface area contributed by atoms with Gasteiger partial charge in [-0.1, -0.05) is 17.7 Å². The summed E-state index contributed by atoms with van der Waals surface area (Å²) < 4.78 is 32.2. The van der Waals surface area contributed by atoms with E-state index in [1.807, 2.05) is 0 Å². The van der Waals surface area contributed by atoms with Crippen LogP contribution in [-0.2, 0) is 0 Å². The van der Waals surface area contributed by atoms with Gasteiger partial charge in [0, 0.05) is 18.0 Å². The quantitative estimate of drug-likeness (QED) is 0.858. The molecule has 1 aliphatic rings. The summed E-state index contributed by atoms with van der Waals surface area (Å²) in [5, 5.41) is 0.0459. The van der Waals surface area contributed by atoms with Crippen LogP contribution in [0.5, 0.6) is 5.75 Å². The molecular weight excluding hydrogens is 284 g/mol. The summed E-state index contributed by atoms with van der Waals surface area (Å²) >= 11 is 5.78. The van der Waals surface area contributed by atoms with E-state index in [-0.39, 0.29) is 23.0 Å². The maximum atomic E-state index is 13.2. The van der Waals surface area contributed by atoms with Crippen LogP contribution in [0.4, 0.5) is 8.78 Å². The standard InChI is InChI=1S/C15H12ClF2NO/c16-11-5-8(1-3-12(11)18)15-7-13(19)10-6-9(17)2-4-14(10)20-15/h1-6,13,15H,7,19H2/t13-,15?/m0/s1. The molecule has 2 N–H and O–H groups in total. The highest BCUT2D eigenvalue weighted by Crippen LogP contribution is 2.40. The number of halogens is 3. The Kier molecular flexibility index (Phi) is 3.36. The predicted octanol–water partition coefficient (Wildman–Crippen LogP) is 4.14. The first-order chi connectivity index (χ1) is 9.54. The molecule has 2 atom stereocenters. The van der Waals surface area contributed by atoms with Gasteiger partial charge in [-0.15, -0.1) is 0 Å². The Morgan fingerprint density at radius 1 is 1.15 bits per heavy atom. The van der Waals surface area contributed by atoms with Crippen LogP contribution in [0.15, 0.2) is 36.4 Å². The van der Waals surface area contributed by atoms with Gasteiger partial charge in [-0.3, -0.25) is 0 Å². The summed E-state index contributed by atoms with van der Waals surface area (Å²) in [5.74, 6) is -0.264. The third-order valence-electron chi connectivity index (χ3n) is 3.42. The van der Waals surface area contributed by atoms with E-state index >= 15 is 0 Å². The van der Waals surface area contributed by atoms with Crippen molar-refractivity contribution < 1.29 is 13.5 Å². The van der Waals surface area contributed by atoms with E-state index in [4.69, 9.17) is 22.1 Å². The van der Waals surface area contributed by atoms with Gasteiger partial charge in [0.2, 0.25) is 0 Å². The van der Waals surface area contributed by atoms with Gasteiger partial charge in [0.25, 0.3) is 0 Å². The zero-order valence-electron chi connectivity index (χ0n) is 10.4. The molecule has 20 heavy (non-hydrogen) atoms. The van der Waals surface area contributed by atoms with Crippen molar-refractivity contribution in [1.29, 1.82) is 0 Å². The fourth-order valence-electron chi connectivity index (χ4n) is 2.39. The van der Waals surface area contributed by atoms with Crippen molar-refractivity contribution in [3.63, 3.8) is 0 Å². The first-order valence-corrected chi connectivity index (χ1v) is 6.59. The van der Waals surface area contributed by atoms with Gasteiger partial charge in [0.1, 0.15) is 23.5 Å². The average Bonchev–Trinajstić information content (AvgIpc) is 2.42. The number of nitrogens with two attached hydrogens (primary N) is 1. The Bertz CT molecular complexity index is 662. The summed E-state index contributed by atoms with van der Waals surface area (Å²) in [4.78, 5) is 0. The molecular formula is C15H12ClF2NO. The average molecular weight is 296 g/mol. The normalized spacial score (nSPS) is 21.2. The van der Waals surface area contributed by atoms with Crippen molar-refractivity contribution in [2.24, 2.45) is 5.73 Å². The van der Waals surface area contributed by atoms with Crippen LogP contribution in [-0.4, -0.2) is 0 Å². The van der Waals surface area contributed by atoms with E-state index in [0.29, 0.717) is 17.7 Å². The number of ether oxygens (including phenoxy) is 1. The van der Waals surface area contributed by atoms with Crippen molar-refractivity contribution in [1.82, 2.24) is 0 Å². The van der Waals surface area contributed by atoms with Crippen LogP contribution in [0.1, 0.15) is 29.7 Å². The summed E-state index contributed by atoms with van der Waals surface area (Å²) in [6.07, 6.45) is 0.166. The van der Waals surface area contributed by atoms with Crippen LogP contribution in [0, 0.1) is 11.6 Å². The largest absolute Gasteiger partial charge is 0.485 e. The molecule has 5 heteroatoms. The first kappa shape index (κ1) is 13.3. The third kappa shape index (κ3) is 2.37. The molecule has 0 saturated heterocycles. The minimum absolute atomic E-state index is 0.0459. The number of rotatable bonds is 1. The molecule has 0 aromatic heterocycles. The number of benzene rings is 2. The van der Waals surface area contributed by atoms with Gasteiger partial charge >= 0.3 is 0 Å². The van der Waals surface area contributed by atoms with Crippen molar-refractivity contribution in [2.75, 3.05) is 0 Å². The molecule has 0 saturated carbocycles. The molecule has 1 unspecified atom stereocenters. The number of fused-ring (bicyclic) bond motifs is 1. The van der Waals surface area contributed by atoms with Crippen molar-refractivity contribution in [3.05, 3.63) is 64.2 Å². The highest BCUT2D eigenvalue weighted by atomic mass is 35.5. The molecule has 2 nitrogen and oxygen atoms in total. The predicted molar refractivity (Wildman–Crippen MR) is 72.7 cm³/mol. The zero-order valence-corrected chi connectivity index (χ0v) is 11.2. The van der Waals surface area contributed by atoms with Crippen LogP contribution < -0.4 is 10.5 Å². The van der Waals surface area contributed by atoms with Crippen molar-refractivity contribution in [2.45, 2.75) is 18.6 Å². The molecule has 1 aliphatic heterocycles. The van der Waals surface area contributed by atoms with Crippen LogP contribution >= 0.6 is 11.6 Å². The van der Waals surface area contributed by atoms with Crippen molar-refractivity contribution in [3.8, 4) is 5.75 Å². The lowest BCUT2D eigenvalue weighted by atomic mass is 9.93. The number of hydrogen-bond donors (Lipinski definition) is 1. The monoisotopic (exact) mass is 295 g/mol. The summed E-state index contributed by atoms with van der Waals surface area (Å²) in [6, 6.07) is 8.38. The van der Waals surface area contributed by atoms with Gasteiger partial charge in [-0.2, -0.15) is 0 Å². The molecule has 1 heterocycles. The van der Waals surface area contributed by atoms with Gasteiger partial charge in [-0.05, 0) is 35.9 Å². The minimum atomic E-state index is -0.474. The molecule has 0 aliphatic carbocycles. The highest BCUT2D eigenvalue weighted by molar-refractivity contribution is 6.30. The SMILES string of the molecule is N[C@H]1CC(c2ccc(F)c(Cl)c2)Oc2ccc(F)cc21. The van der Waals surface area contributed by atoms with Gasteiger partial charge in [0.15, 0.2) is 0 Å². The van der Waals surface area contributed by atoms with E-state index in [0.717, 1.165) is 5.56 Å². The van der Waals surface area contributed by atoms with E-state index < -0.39 is 5.82 Å². The second kappa shape index (κ2) is 5.04. The lowest BCUT2D eigenvalue weighted by Crippen LogP contribution is -2.24. The van der Waals surface area contributed by atoms with E-state index in [9.17, 15) is 8.78 Å². The molecule has 0 bridgehead atoms. The molecule has 0 fully saturated rings. The molecule has 3 rings (SSSR count). The Balaban J connectivity index is 1.94. The molecule has 2 aromatic carbocycles. The maximum absolute atomic E-state index is 13.2. The van der Waals surface area contributed by atoms with Crippen molar-refractivity contribution >= 4 is 11.6 Å². The molecule has 0 amide bonds. The van der Waals surface area contributed by atoms with Gasteiger partial charge in [-0.25, -0.2) is 8.78 Å². The summed E-state index contributed by atoms with van der Waals surface area (Å²) in [6.45, 7) is 0. The molecule has 2 aromatic rings. The highest BCUT2D eigenvalue weighted by Gasteiger charge is 2.27. The Morgan fingerprint density at radius 3 is 2.70 bits per heavy atom. The van der Waals surface area contributed by atoms with Gasteiger partial charge < -0.3 is 10.5 Å². The Labute approximate surface area is 120 Å². The van der Waals surface area contributed by atoms with Crippen LogP contribution in [0.25, 0.3) is 0 Å². The lowest BCUT2D eigenvalue weighted by molar-refractivity contribution is 0.161. The van der Waals surface area contributed by atoms with Crippen LogP contribution in [0.3, 0.4) is 0 Å². The molecule has 104 valence electrons. The van der Waals surface area contributed by atoms with E-state index in [2.05, 4.69) is 0 Å². The summed E-state index contributed by atoms with van der Waals surface area (Å²) in [7, 11) is 0. The zero-order chi connectivity index (χ0) is 14.3. The minimum Gasteiger partial charge on any atom is -0.485 e. The number of hydrogen-bond acceptors (Lipinski definition) is 2. The van der Waals surface area contributed by atoms with E-state index in [1.165, 1.54) is 24.3 Å². The molecule has 0 spiro atoms. The Morgan fingerprint density at radius 2 is 1.95 bits per heavy atom. The fraction of sp³-hybridized carbons (Fsp3) is 0.200. The lowest BCUT2D eigenvalue weighted by Gasteiger charge is -2.30. The van der Waals surface area contributed by atoms with Crippen LogP contribution in [0.2, 0.25) is 5.02 Å². The third-order valence-corrected chi connectivity index (χ3v) is 3.71. The maximum Gasteiger partial charge on any atom is 0.141 e.